The molecule has 0 saturated heterocycles. The molecule has 0 aromatic carbocycles. The summed E-state index contributed by atoms with van der Waals surface area (Å²) in [7, 11) is 0. The summed E-state index contributed by atoms with van der Waals surface area (Å²) < 4.78 is 0. The first kappa shape index (κ1) is 8.38. The molecule has 0 saturated carbocycles. The first-order valence-corrected chi connectivity index (χ1v) is 3.31. The van der Waals surface area contributed by atoms with Crippen LogP contribution in [0.15, 0.2) is 11.1 Å². The molecule has 1 aromatic heterocycles. The number of aliphatic carboxylic acids is 1. The molecule has 1 heterocycles. The van der Waals surface area contributed by atoms with E-state index in [1.54, 1.807) is 0 Å². The van der Waals surface area contributed by atoms with Crippen LogP contribution in [0.2, 0.25) is 0 Å². The first-order chi connectivity index (χ1) is 5.70. The van der Waals surface area contributed by atoms with E-state index in [0.717, 1.165) is 6.33 Å². The second-order valence-electron chi connectivity index (χ2n) is 2.16. The van der Waals surface area contributed by atoms with Gasteiger partial charge in [0, 0.05) is 6.42 Å². The second kappa shape index (κ2) is 3.61. The lowest BCUT2D eigenvalue weighted by molar-refractivity contribution is -0.136. The van der Waals surface area contributed by atoms with Crippen molar-refractivity contribution < 1.29 is 9.90 Å². The molecule has 64 valence electrons. The Hall–Kier alpha value is -1.72. The summed E-state index contributed by atoms with van der Waals surface area (Å²) >= 11 is 0. The van der Waals surface area contributed by atoms with E-state index in [1.165, 1.54) is 0 Å². The number of aromatic amines is 1. The molecular formula is C6H7N3O3. The highest BCUT2D eigenvalue weighted by Gasteiger charge is 2.03. The Labute approximate surface area is 67.3 Å². The van der Waals surface area contributed by atoms with E-state index in [2.05, 4.69) is 15.2 Å². The zero-order valence-corrected chi connectivity index (χ0v) is 6.15. The zero-order chi connectivity index (χ0) is 8.97. The highest BCUT2D eigenvalue weighted by Crippen LogP contribution is 1.89. The second-order valence-corrected chi connectivity index (χ2v) is 2.16. The van der Waals surface area contributed by atoms with Crippen LogP contribution in [0.3, 0.4) is 0 Å². The predicted octanol–water partition coefficient (Wildman–Crippen LogP) is -0.818. The van der Waals surface area contributed by atoms with Gasteiger partial charge in [0.05, 0.1) is 6.42 Å². The summed E-state index contributed by atoms with van der Waals surface area (Å²) in [6.07, 6.45) is 1.16. The monoisotopic (exact) mass is 169 g/mol. The fourth-order valence-corrected chi connectivity index (χ4v) is 0.704. The molecule has 1 aromatic rings. The van der Waals surface area contributed by atoms with Gasteiger partial charge in [-0.1, -0.05) is 0 Å². The number of aryl methyl sites for hydroxylation is 1. The van der Waals surface area contributed by atoms with Gasteiger partial charge in [0.2, 0.25) is 0 Å². The van der Waals surface area contributed by atoms with E-state index in [0.29, 0.717) is 0 Å². The van der Waals surface area contributed by atoms with E-state index < -0.39 is 5.97 Å². The Morgan fingerprint density at radius 3 is 3.00 bits per heavy atom. The summed E-state index contributed by atoms with van der Waals surface area (Å²) in [5.41, 5.74) is -0.230. The molecule has 0 atom stereocenters. The minimum atomic E-state index is -0.958. The minimum absolute atomic E-state index is 0.109. The van der Waals surface area contributed by atoms with E-state index in [1.807, 2.05) is 0 Å². The Morgan fingerprint density at radius 1 is 1.67 bits per heavy atom. The van der Waals surface area contributed by atoms with Crippen LogP contribution in [0.4, 0.5) is 0 Å². The molecule has 0 fully saturated rings. The van der Waals surface area contributed by atoms with E-state index in [4.69, 9.17) is 5.11 Å². The average molecular weight is 169 g/mol. The molecule has 6 heteroatoms. The van der Waals surface area contributed by atoms with Gasteiger partial charge in [-0.05, 0) is 0 Å². The number of nitrogens with one attached hydrogen (secondary N) is 1. The lowest BCUT2D eigenvalue weighted by Crippen LogP contribution is -2.16. The Balaban J connectivity index is 2.70. The molecule has 0 aliphatic carbocycles. The van der Waals surface area contributed by atoms with Gasteiger partial charge in [-0.15, -0.1) is 10.2 Å². The number of hydrogen-bond donors (Lipinski definition) is 2. The standard InChI is InChI=1S/C6H7N3O3/c10-5(11)2-1-4-6(12)7-3-8-9-4/h3H,1-2H2,(H,10,11)(H,7,8,12). The number of carboxylic acid groups (broad SMARTS) is 1. The van der Waals surface area contributed by atoms with Gasteiger partial charge in [0.15, 0.2) is 0 Å². The molecule has 6 nitrogen and oxygen atoms in total. The van der Waals surface area contributed by atoms with E-state index in [9.17, 15) is 9.59 Å². The third kappa shape index (κ3) is 2.15. The van der Waals surface area contributed by atoms with Crippen molar-refractivity contribution in [2.24, 2.45) is 0 Å². The lowest BCUT2D eigenvalue weighted by atomic mass is 10.2. The maximum atomic E-state index is 10.9. The topological polar surface area (TPSA) is 95.9 Å². The van der Waals surface area contributed by atoms with Gasteiger partial charge in [-0.25, -0.2) is 0 Å². The summed E-state index contributed by atoms with van der Waals surface area (Å²) in [4.78, 5) is 23.3. The van der Waals surface area contributed by atoms with Crippen molar-refractivity contribution in [3.63, 3.8) is 0 Å². The third-order valence-corrected chi connectivity index (χ3v) is 1.27. The van der Waals surface area contributed by atoms with E-state index >= 15 is 0 Å². The Kier molecular flexibility index (Phi) is 2.52. The number of aromatic nitrogens is 3. The van der Waals surface area contributed by atoms with Gasteiger partial charge in [0.1, 0.15) is 12.0 Å². The smallest absolute Gasteiger partial charge is 0.303 e. The maximum absolute atomic E-state index is 10.9. The number of H-pyrrole nitrogens is 1. The molecule has 2 N–H and O–H groups in total. The normalized spacial score (nSPS) is 9.67. The molecule has 0 spiro atoms. The number of carbonyl (C=O) groups is 1. The van der Waals surface area contributed by atoms with Crippen LogP contribution in [0.25, 0.3) is 0 Å². The summed E-state index contributed by atoms with van der Waals surface area (Å²) in [6, 6.07) is 0. The average Bonchev–Trinajstić information content (AvgIpc) is 2.03. The number of rotatable bonds is 3. The maximum Gasteiger partial charge on any atom is 0.303 e. The number of nitrogens with zero attached hydrogens (tertiary/aromatic N) is 2. The quantitative estimate of drug-likeness (QED) is 0.616. The SMILES string of the molecule is O=C(O)CCc1nnc[nH]c1=O. The predicted molar refractivity (Wildman–Crippen MR) is 38.6 cm³/mol. The van der Waals surface area contributed by atoms with Gasteiger partial charge in [-0.3, -0.25) is 9.59 Å². The van der Waals surface area contributed by atoms with Crippen molar-refractivity contribution in [2.75, 3.05) is 0 Å². The van der Waals surface area contributed by atoms with Gasteiger partial charge >= 0.3 is 5.97 Å². The van der Waals surface area contributed by atoms with Crippen LogP contribution in [-0.2, 0) is 11.2 Å². The van der Waals surface area contributed by atoms with Crippen molar-refractivity contribution in [3.05, 3.63) is 22.4 Å². The van der Waals surface area contributed by atoms with Crippen molar-refractivity contribution in [2.45, 2.75) is 12.8 Å². The van der Waals surface area contributed by atoms with Crippen LogP contribution in [-0.4, -0.2) is 26.3 Å². The minimum Gasteiger partial charge on any atom is -0.481 e. The highest BCUT2D eigenvalue weighted by atomic mass is 16.4. The molecule has 0 aliphatic rings. The third-order valence-electron chi connectivity index (χ3n) is 1.27. The van der Waals surface area contributed by atoms with Gasteiger partial charge in [-0.2, -0.15) is 0 Å². The van der Waals surface area contributed by atoms with Crippen LogP contribution in [0.5, 0.6) is 0 Å². The van der Waals surface area contributed by atoms with Crippen LogP contribution >= 0.6 is 0 Å². The van der Waals surface area contributed by atoms with Crippen molar-refractivity contribution >= 4 is 5.97 Å². The van der Waals surface area contributed by atoms with E-state index in [-0.39, 0.29) is 24.1 Å². The van der Waals surface area contributed by atoms with Gasteiger partial charge in [0.25, 0.3) is 5.56 Å². The summed E-state index contributed by atoms with van der Waals surface area (Å²) in [5, 5.41) is 15.2. The van der Waals surface area contributed by atoms with Crippen molar-refractivity contribution in [3.8, 4) is 0 Å². The molecule has 0 bridgehead atoms. The summed E-state index contributed by atoms with van der Waals surface area (Å²) in [5.74, 6) is -0.958. The first-order valence-electron chi connectivity index (χ1n) is 3.31. The molecule has 0 amide bonds. The lowest BCUT2D eigenvalue weighted by Gasteiger charge is -1.92. The molecule has 0 radical (unpaired) electrons. The van der Waals surface area contributed by atoms with Crippen LogP contribution in [0, 0.1) is 0 Å². The van der Waals surface area contributed by atoms with Crippen LogP contribution < -0.4 is 5.56 Å². The number of carboxylic acids is 1. The molecule has 0 unspecified atom stereocenters. The molecule has 1 rings (SSSR count). The zero-order valence-electron chi connectivity index (χ0n) is 6.15. The Morgan fingerprint density at radius 2 is 2.42 bits per heavy atom. The number of hydrogen-bond acceptors (Lipinski definition) is 4. The van der Waals surface area contributed by atoms with Crippen molar-refractivity contribution in [1.29, 1.82) is 0 Å². The molecule has 12 heavy (non-hydrogen) atoms. The molecular weight excluding hydrogens is 162 g/mol. The van der Waals surface area contributed by atoms with Crippen molar-refractivity contribution in [1.82, 2.24) is 15.2 Å². The fraction of sp³-hybridized carbons (Fsp3) is 0.333. The largest absolute Gasteiger partial charge is 0.481 e. The fourth-order valence-electron chi connectivity index (χ4n) is 0.704. The van der Waals surface area contributed by atoms with Crippen LogP contribution in [0.1, 0.15) is 12.1 Å². The highest BCUT2D eigenvalue weighted by molar-refractivity contribution is 5.66. The molecule has 0 aliphatic heterocycles. The van der Waals surface area contributed by atoms with Gasteiger partial charge < -0.3 is 10.1 Å². The summed E-state index contributed by atoms with van der Waals surface area (Å²) in [6.45, 7) is 0. The Bertz CT molecular complexity index is 333.